The van der Waals surface area contributed by atoms with Crippen molar-refractivity contribution in [3.05, 3.63) is 63.6 Å². The van der Waals surface area contributed by atoms with E-state index in [0.717, 1.165) is 16.1 Å². The van der Waals surface area contributed by atoms with Gasteiger partial charge in [-0.3, -0.25) is 13.9 Å². The van der Waals surface area contributed by atoms with Gasteiger partial charge in [-0.25, -0.2) is 8.42 Å². The topological polar surface area (TPSA) is 86.8 Å². The van der Waals surface area contributed by atoms with Crippen molar-refractivity contribution in [1.82, 2.24) is 10.2 Å². The van der Waals surface area contributed by atoms with Crippen LogP contribution in [0, 0.1) is 0 Å². The standard InChI is InChI=1S/C25H33Cl2N3O4S/c1-7-28-24(32)17(2)29(15-20-21(26)9-8-10-22(20)27)23(31)16-30(35(6,33)34)19-13-11-18(12-14-19)25(3,4)5/h8-14,17H,7,15-16H2,1-6H3,(H,28,32)/t17-/m0/s1. The van der Waals surface area contributed by atoms with E-state index in [0.29, 0.717) is 27.8 Å². The third kappa shape index (κ3) is 7.59. The maximum Gasteiger partial charge on any atom is 0.244 e. The molecule has 2 rings (SSSR count). The highest BCUT2D eigenvalue weighted by Gasteiger charge is 2.31. The van der Waals surface area contributed by atoms with Crippen molar-refractivity contribution in [1.29, 1.82) is 0 Å². The summed E-state index contributed by atoms with van der Waals surface area (Å²) in [5, 5.41) is 3.39. The number of anilines is 1. The van der Waals surface area contributed by atoms with Crippen molar-refractivity contribution in [2.45, 2.75) is 52.6 Å². The maximum absolute atomic E-state index is 13.5. The fourth-order valence-corrected chi connectivity index (χ4v) is 4.87. The Morgan fingerprint density at radius 2 is 1.57 bits per heavy atom. The lowest BCUT2D eigenvalue weighted by Gasteiger charge is -2.32. The second-order valence-electron chi connectivity index (χ2n) is 9.36. The minimum atomic E-state index is -3.81. The Labute approximate surface area is 218 Å². The molecule has 7 nitrogen and oxygen atoms in total. The molecule has 0 bridgehead atoms. The average molecular weight is 543 g/mol. The Balaban J connectivity index is 2.45. The largest absolute Gasteiger partial charge is 0.355 e. The summed E-state index contributed by atoms with van der Waals surface area (Å²) >= 11 is 12.6. The smallest absolute Gasteiger partial charge is 0.244 e. The van der Waals surface area contributed by atoms with Crippen molar-refractivity contribution in [3.63, 3.8) is 0 Å². The molecule has 2 amide bonds. The Hall–Kier alpha value is -2.29. The summed E-state index contributed by atoms with van der Waals surface area (Å²) in [4.78, 5) is 27.5. The molecule has 0 unspecified atom stereocenters. The zero-order chi connectivity index (χ0) is 26.6. The lowest BCUT2D eigenvalue weighted by molar-refractivity contribution is -0.139. The molecule has 0 saturated carbocycles. The quantitative estimate of drug-likeness (QED) is 0.502. The van der Waals surface area contributed by atoms with Gasteiger partial charge in [0.15, 0.2) is 0 Å². The van der Waals surface area contributed by atoms with Crippen LogP contribution in [0.2, 0.25) is 10.0 Å². The molecule has 2 aromatic rings. The van der Waals surface area contributed by atoms with Gasteiger partial charge >= 0.3 is 0 Å². The number of amides is 2. The number of sulfonamides is 1. The molecule has 0 heterocycles. The highest BCUT2D eigenvalue weighted by Crippen LogP contribution is 2.28. The Bertz CT molecular complexity index is 1140. The molecule has 0 spiro atoms. The minimum absolute atomic E-state index is 0.0593. The molecule has 192 valence electrons. The zero-order valence-corrected chi connectivity index (χ0v) is 23.3. The number of carbonyl (C=O) groups is 2. The summed E-state index contributed by atoms with van der Waals surface area (Å²) in [6.45, 7) is 9.36. The van der Waals surface area contributed by atoms with Crippen LogP contribution in [0.5, 0.6) is 0 Å². The fourth-order valence-electron chi connectivity index (χ4n) is 3.50. The first-order valence-corrected chi connectivity index (χ1v) is 13.9. The lowest BCUT2D eigenvalue weighted by atomic mass is 9.87. The van der Waals surface area contributed by atoms with Gasteiger partial charge in [-0.2, -0.15) is 0 Å². The van der Waals surface area contributed by atoms with Gasteiger partial charge in [-0.05, 0) is 49.1 Å². The van der Waals surface area contributed by atoms with Crippen LogP contribution >= 0.6 is 23.2 Å². The van der Waals surface area contributed by atoms with Crippen molar-refractivity contribution in [3.8, 4) is 0 Å². The Morgan fingerprint density at radius 1 is 1.03 bits per heavy atom. The molecule has 0 aliphatic heterocycles. The SMILES string of the molecule is CCNC(=O)[C@H](C)N(Cc1c(Cl)cccc1Cl)C(=O)CN(c1ccc(C(C)(C)C)cc1)S(C)(=O)=O. The third-order valence-corrected chi connectivity index (χ3v) is 7.46. The van der Waals surface area contributed by atoms with Crippen LogP contribution in [0.3, 0.4) is 0 Å². The number of nitrogens with one attached hydrogen (secondary N) is 1. The predicted molar refractivity (Wildman–Crippen MR) is 142 cm³/mol. The van der Waals surface area contributed by atoms with E-state index in [1.165, 1.54) is 4.90 Å². The summed E-state index contributed by atoms with van der Waals surface area (Å²) in [5.74, 6) is -0.936. The molecule has 1 atom stereocenters. The molecule has 0 fully saturated rings. The average Bonchev–Trinajstić information content (AvgIpc) is 2.75. The first-order chi connectivity index (χ1) is 16.2. The molecule has 1 N–H and O–H groups in total. The monoisotopic (exact) mass is 541 g/mol. The number of likely N-dealkylation sites (N-methyl/N-ethyl adjacent to an activating group) is 1. The third-order valence-electron chi connectivity index (χ3n) is 5.61. The number of rotatable bonds is 9. The molecule has 0 radical (unpaired) electrons. The molecule has 0 aliphatic carbocycles. The van der Waals surface area contributed by atoms with E-state index in [-0.39, 0.29) is 17.9 Å². The van der Waals surface area contributed by atoms with Crippen LogP contribution in [0.25, 0.3) is 0 Å². The summed E-state index contributed by atoms with van der Waals surface area (Å²) < 4.78 is 26.4. The van der Waals surface area contributed by atoms with Crippen molar-refractivity contribution in [2.24, 2.45) is 0 Å². The fraction of sp³-hybridized carbons (Fsp3) is 0.440. The Kier molecular flexibility index (Phi) is 9.62. The summed E-state index contributed by atoms with van der Waals surface area (Å²) in [6.07, 6.45) is 1.04. The molecule has 10 heteroatoms. The van der Waals surface area contributed by atoms with Gasteiger partial charge < -0.3 is 10.2 Å². The molecule has 0 aliphatic rings. The predicted octanol–water partition coefficient (Wildman–Crippen LogP) is 4.61. The lowest BCUT2D eigenvalue weighted by Crippen LogP contribution is -2.51. The molecule has 0 saturated heterocycles. The summed E-state index contributed by atoms with van der Waals surface area (Å²) in [6, 6.07) is 11.1. The van der Waals surface area contributed by atoms with Gasteiger partial charge in [0.25, 0.3) is 0 Å². The van der Waals surface area contributed by atoms with E-state index < -0.39 is 28.5 Å². The van der Waals surface area contributed by atoms with Gasteiger partial charge in [-0.15, -0.1) is 0 Å². The van der Waals surface area contributed by atoms with Crippen LogP contribution in [0.4, 0.5) is 5.69 Å². The van der Waals surface area contributed by atoms with Crippen molar-refractivity contribution in [2.75, 3.05) is 23.7 Å². The van der Waals surface area contributed by atoms with E-state index in [4.69, 9.17) is 23.2 Å². The Morgan fingerprint density at radius 3 is 2.03 bits per heavy atom. The van der Waals surface area contributed by atoms with Crippen LogP contribution < -0.4 is 9.62 Å². The van der Waals surface area contributed by atoms with Gasteiger partial charge in [0.2, 0.25) is 21.8 Å². The molecule has 0 aromatic heterocycles. The normalized spacial score (nSPS) is 12.7. The van der Waals surface area contributed by atoms with E-state index in [2.05, 4.69) is 26.1 Å². The van der Waals surface area contributed by atoms with E-state index in [9.17, 15) is 18.0 Å². The van der Waals surface area contributed by atoms with E-state index in [1.807, 2.05) is 12.1 Å². The number of nitrogens with zero attached hydrogens (tertiary/aromatic N) is 2. The van der Waals surface area contributed by atoms with Crippen LogP contribution in [0.1, 0.15) is 45.7 Å². The highest BCUT2D eigenvalue weighted by atomic mass is 35.5. The zero-order valence-electron chi connectivity index (χ0n) is 20.9. The number of carbonyl (C=O) groups excluding carboxylic acids is 2. The molecular weight excluding hydrogens is 509 g/mol. The highest BCUT2D eigenvalue weighted by molar-refractivity contribution is 7.92. The number of halogens is 2. The van der Waals surface area contributed by atoms with Crippen LogP contribution in [-0.4, -0.2) is 50.5 Å². The first-order valence-electron chi connectivity index (χ1n) is 11.2. The maximum atomic E-state index is 13.5. The molecule has 35 heavy (non-hydrogen) atoms. The van der Waals surface area contributed by atoms with Gasteiger partial charge in [0, 0.05) is 28.7 Å². The first kappa shape index (κ1) is 28.9. The molecular formula is C25H33Cl2N3O4S. The van der Waals surface area contributed by atoms with Crippen LogP contribution in [0.15, 0.2) is 42.5 Å². The van der Waals surface area contributed by atoms with Crippen LogP contribution in [-0.2, 0) is 31.6 Å². The summed E-state index contributed by atoms with van der Waals surface area (Å²) in [5.41, 5.74) is 1.74. The van der Waals surface area contributed by atoms with Gasteiger partial charge in [0.05, 0.1) is 11.9 Å². The van der Waals surface area contributed by atoms with Crippen molar-refractivity contribution >= 4 is 50.7 Å². The molecule has 2 aromatic carbocycles. The van der Waals surface area contributed by atoms with Gasteiger partial charge in [-0.1, -0.05) is 62.2 Å². The number of hydrogen-bond donors (Lipinski definition) is 1. The number of hydrogen-bond acceptors (Lipinski definition) is 4. The second-order valence-corrected chi connectivity index (χ2v) is 12.1. The summed E-state index contributed by atoms with van der Waals surface area (Å²) in [7, 11) is -3.81. The van der Waals surface area contributed by atoms with E-state index in [1.54, 1.807) is 44.2 Å². The van der Waals surface area contributed by atoms with Crippen molar-refractivity contribution < 1.29 is 18.0 Å². The minimum Gasteiger partial charge on any atom is -0.355 e. The number of benzene rings is 2. The second kappa shape index (κ2) is 11.6. The van der Waals surface area contributed by atoms with Gasteiger partial charge in [0.1, 0.15) is 12.6 Å². The van der Waals surface area contributed by atoms with E-state index >= 15 is 0 Å².